The number of rotatable bonds is 2. The molecule has 0 amide bonds. The molecule has 104 valence electrons. The number of thioether (sulfide) groups is 1. The maximum Gasteiger partial charge on any atom is 0.216 e. The van der Waals surface area contributed by atoms with Crippen LogP contribution in [0.2, 0.25) is 0 Å². The predicted molar refractivity (Wildman–Crippen MR) is 78.4 cm³/mol. The van der Waals surface area contributed by atoms with Crippen LogP contribution in [0.25, 0.3) is 0 Å². The van der Waals surface area contributed by atoms with E-state index in [4.69, 9.17) is 9.41 Å². The van der Waals surface area contributed by atoms with E-state index in [1.54, 1.807) is 6.20 Å². The second-order valence-electron chi connectivity index (χ2n) is 5.53. The van der Waals surface area contributed by atoms with Crippen molar-refractivity contribution >= 4 is 16.9 Å². The van der Waals surface area contributed by atoms with Crippen molar-refractivity contribution in [3.8, 4) is 0 Å². The minimum Gasteiger partial charge on any atom is -0.444 e. The molecule has 19 heavy (non-hydrogen) atoms. The zero-order valence-electron chi connectivity index (χ0n) is 11.6. The normalized spacial score (nSPS) is 28.4. The molecular formula is C14H21N3OS. The van der Waals surface area contributed by atoms with Crippen molar-refractivity contribution in [2.24, 2.45) is 10.9 Å². The quantitative estimate of drug-likeness (QED) is 0.902. The molecule has 1 N–H and O–H groups in total. The van der Waals surface area contributed by atoms with Gasteiger partial charge in [-0.25, -0.2) is 4.98 Å². The number of nitrogens with one attached hydrogen (secondary N) is 1. The number of nitrogens with zero attached hydrogens (tertiary/aromatic N) is 2. The summed E-state index contributed by atoms with van der Waals surface area (Å²) in [4.78, 5) is 9.14. The third-order valence-corrected chi connectivity index (χ3v) is 5.03. The summed E-state index contributed by atoms with van der Waals surface area (Å²) in [5.41, 5.74) is 0. The maximum absolute atomic E-state index is 5.56. The molecule has 3 rings (SSSR count). The number of hydrogen-bond acceptors (Lipinski definition) is 5. The van der Waals surface area contributed by atoms with Crippen molar-refractivity contribution in [2.45, 2.75) is 51.6 Å². The van der Waals surface area contributed by atoms with Gasteiger partial charge < -0.3 is 9.73 Å². The van der Waals surface area contributed by atoms with Crippen molar-refractivity contribution in [3.05, 3.63) is 17.8 Å². The molecule has 1 fully saturated rings. The SMILES string of the molecule is Cc1cnc(C(C)NC2=NC3CCCCC3CS2)o1. The smallest absolute Gasteiger partial charge is 0.216 e. The van der Waals surface area contributed by atoms with Crippen LogP contribution in [0.1, 0.15) is 50.3 Å². The first-order valence-electron chi connectivity index (χ1n) is 7.12. The van der Waals surface area contributed by atoms with Gasteiger partial charge in [0.25, 0.3) is 0 Å². The van der Waals surface area contributed by atoms with Crippen LogP contribution in [-0.4, -0.2) is 21.9 Å². The van der Waals surface area contributed by atoms with E-state index in [2.05, 4.69) is 17.2 Å². The molecule has 0 aromatic carbocycles. The number of aliphatic imine (C=N–C) groups is 1. The van der Waals surface area contributed by atoms with E-state index < -0.39 is 0 Å². The summed E-state index contributed by atoms with van der Waals surface area (Å²) in [6.45, 7) is 3.99. The molecule has 2 aliphatic rings. The maximum atomic E-state index is 5.56. The average Bonchev–Trinajstić information content (AvgIpc) is 2.85. The number of aromatic nitrogens is 1. The Morgan fingerprint density at radius 2 is 2.26 bits per heavy atom. The summed E-state index contributed by atoms with van der Waals surface area (Å²) >= 11 is 1.85. The van der Waals surface area contributed by atoms with Crippen molar-refractivity contribution in [1.82, 2.24) is 10.3 Å². The number of amidine groups is 1. The lowest BCUT2D eigenvalue weighted by molar-refractivity contribution is 0.335. The predicted octanol–water partition coefficient (Wildman–Crippen LogP) is 3.30. The molecule has 2 heterocycles. The van der Waals surface area contributed by atoms with E-state index in [0.717, 1.165) is 22.7 Å². The molecule has 4 nitrogen and oxygen atoms in total. The van der Waals surface area contributed by atoms with Gasteiger partial charge >= 0.3 is 0 Å². The molecule has 1 aliphatic heterocycles. The van der Waals surface area contributed by atoms with Gasteiger partial charge in [-0.05, 0) is 32.6 Å². The van der Waals surface area contributed by atoms with Gasteiger partial charge in [0, 0.05) is 5.75 Å². The largest absolute Gasteiger partial charge is 0.444 e. The fraction of sp³-hybridized carbons (Fsp3) is 0.714. The lowest BCUT2D eigenvalue weighted by Gasteiger charge is -2.33. The molecule has 0 saturated heterocycles. The summed E-state index contributed by atoms with van der Waals surface area (Å²) < 4.78 is 5.56. The standard InChI is InChI=1S/C14H21N3OS/c1-9-7-15-13(18-9)10(2)16-14-17-12-6-4-3-5-11(12)8-19-14/h7,10-12H,3-6,8H2,1-2H3,(H,16,17). The van der Waals surface area contributed by atoms with Gasteiger partial charge in [-0.15, -0.1) is 0 Å². The van der Waals surface area contributed by atoms with E-state index in [9.17, 15) is 0 Å². The molecule has 3 atom stereocenters. The molecule has 0 bridgehead atoms. The summed E-state index contributed by atoms with van der Waals surface area (Å²) in [6.07, 6.45) is 7.08. The van der Waals surface area contributed by atoms with E-state index >= 15 is 0 Å². The number of fused-ring (bicyclic) bond motifs is 1. The highest BCUT2D eigenvalue weighted by Gasteiger charge is 2.29. The number of oxazole rings is 1. The van der Waals surface area contributed by atoms with E-state index in [1.807, 2.05) is 18.7 Å². The second-order valence-corrected chi connectivity index (χ2v) is 6.54. The van der Waals surface area contributed by atoms with Crippen LogP contribution in [0.15, 0.2) is 15.6 Å². The Balaban J connectivity index is 1.65. The van der Waals surface area contributed by atoms with Crippen LogP contribution in [-0.2, 0) is 0 Å². The average molecular weight is 279 g/mol. The van der Waals surface area contributed by atoms with Crippen LogP contribution in [0.3, 0.4) is 0 Å². The van der Waals surface area contributed by atoms with Gasteiger partial charge in [0.15, 0.2) is 5.17 Å². The Morgan fingerprint density at radius 1 is 1.42 bits per heavy atom. The molecule has 0 radical (unpaired) electrons. The van der Waals surface area contributed by atoms with Gasteiger partial charge in [0.1, 0.15) is 11.8 Å². The summed E-state index contributed by atoms with van der Waals surface area (Å²) in [5.74, 6) is 3.60. The van der Waals surface area contributed by atoms with Crippen LogP contribution in [0.4, 0.5) is 0 Å². The van der Waals surface area contributed by atoms with Crippen LogP contribution in [0.5, 0.6) is 0 Å². The van der Waals surface area contributed by atoms with Gasteiger partial charge in [0.2, 0.25) is 5.89 Å². The first kappa shape index (κ1) is 13.0. The minimum absolute atomic E-state index is 0.0834. The first-order valence-corrected chi connectivity index (χ1v) is 8.10. The fourth-order valence-corrected chi connectivity index (χ4v) is 4.06. The molecule has 1 aromatic heterocycles. The topological polar surface area (TPSA) is 50.4 Å². The monoisotopic (exact) mass is 279 g/mol. The lowest BCUT2D eigenvalue weighted by Crippen LogP contribution is -2.35. The van der Waals surface area contributed by atoms with Crippen molar-refractivity contribution in [1.29, 1.82) is 0 Å². The highest BCUT2D eigenvalue weighted by molar-refractivity contribution is 8.13. The third kappa shape index (κ3) is 2.96. The third-order valence-electron chi connectivity index (χ3n) is 3.94. The Bertz CT molecular complexity index is 471. The molecule has 3 unspecified atom stereocenters. The van der Waals surface area contributed by atoms with E-state index in [1.165, 1.54) is 31.4 Å². The molecule has 1 saturated carbocycles. The molecule has 1 aliphatic carbocycles. The van der Waals surface area contributed by atoms with Crippen molar-refractivity contribution in [2.75, 3.05) is 5.75 Å². The number of hydrogen-bond donors (Lipinski definition) is 1. The zero-order valence-corrected chi connectivity index (χ0v) is 12.4. The van der Waals surface area contributed by atoms with E-state index in [0.29, 0.717) is 6.04 Å². The molecular weight excluding hydrogens is 258 g/mol. The Morgan fingerprint density at radius 3 is 3.05 bits per heavy atom. The Kier molecular flexibility index (Phi) is 3.82. The van der Waals surface area contributed by atoms with Gasteiger partial charge in [-0.1, -0.05) is 24.6 Å². The minimum atomic E-state index is 0.0834. The Labute approximate surface area is 118 Å². The second kappa shape index (κ2) is 5.57. The van der Waals surface area contributed by atoms with Gasteiger partial charge in [-0.3, -0.25) is 4.99 Å². The molecule has 5 heteroatoms. The van der Waals surface area contributed by atoms with Crippen LogP contribution in [0, 0.1) is 12.8 Å². The highest BCUT2D eigenvalue weighted by Crippen LogP contribution is 2.34. The summed E-state index contributed by atoms with van der Waals surface area (Å²) in [5, 5.41) is 4.50. The highest BCUT2D eigenvalue weighted by atomic mass is 32.2. The van der Waals surface area contributed by atoms with Gasteiger partial charge in [-0.2, -0.15) is 0 Å². The summed E-state index contributed by atoms with van der Waals surface area (Å²) in [6, 6.07) is 0.621. The molecule has 0 spiro atoms. The summed E-state index contributed by atoms with van der Waals surface area (Å²) in [7, 11) is 0. The Hall–Kier alpha value is -0.970. The van der Waals surface area contributed by atoms with Crippen LogP contribution < -0.4 is 5.32 Å². The van der Waals surface area contributed by atoms with Crippen LogP contribution >= 0.6 is 11.8 Å². The van der Waals surface area contributed by atoms with Crippen molar-refractivity contribution < 1.29 is 4.42 Å². The molecule has 1 aromatic rings. The van der Waals surface area contributed by atoms with E-state index in [-0.39, 0.29) is 6.04 Å². The first-order chi connectivity index (χ1) is 9.22. The fourth-order valence-electron chi connectivity index (χ4n) is 2.82. The van der Waals surface area contributed by atoms with Gasteiger partial charge in [0.05, 0.1) is 12.2 Å². The zero-order chi connectivity index (χ0) is 13.2. The lowest BCUT2D eigenvalue weighted by atomic mass is 9.86. The van der Waals surface area contributed by atoms with Crippen molar-refractivity contribution in [3.63, 3.8) is 0 Å². The number of aryl methyl sites for hydroxylation is 1.